The van der Waals surface area contributed by atoms with E-state index in [-0.39, 0.29) is 33.6 Å². The number of nitrogens with zero attached hydrogens (tertiary/aromatic N) is 2. The summed E-state index contributed by atoms with van der Waals surface area (Å²) in [4.78, 5) is 26.1. The minimum absolute atomic E-state index is 0.00213. The zero-order valence-corrected chi connectivity index (χ0v) is 15.7. The number of aromatic nitrogens is 1. The van der Waals surface area contributed by atoms with Crippen molar-refractivity contribution in [2.75, 3.05) is 36.1 Å². The van der Waals surface area contributed by atoms with Crippen molar-refractivity contribution in [1.29, 1.82) is 0 Å². The number of anilines is 1. The average Bonchev–Trinajstić information content (AvgIpc) is 3.38. The summed E-state index contributed by atoms with van der Waals surface area (Å²) in [7, 11) is 1.45. The summed E-state index contributed by atoms with van der Waals surface area (Å²) >= 11 is 0. The van der Waals surface area contributed by atoms with Gasteiger partial charge in [0.2, 0.25) is 5.43 Å². The maximum atomic E-state index is 15.1. The summed E-state index contributed by atoms with van der Waals surface area (Å²) in [5.41, 5.74) is 5.51. The minimum atomic E-state index is -1.31. The number of methoxy groups -OCH3 is 1. The van der Waals surface area contributed by atoms with Crippen LogP contribution in [0.25, 0.3) is 10.9 Å². The van der Waals surface area contributed by atoms with Gasteiger partial charge in [0.05, 0.1) is 24.6 Å². The molecule has 144 valence electrons. The quantitative estimate of drug-likeness (QED) is 0.746. The summed E-state index contributed by atoms with van der Waals surface area (Å²) in [5.74, 6) is 0.493. The van der Waals surface area contributed by atoms with E-state index < -0.39 is 17.2 Å². The zero-order chi connectivity index (χ0) is 19.3. The van der Waals surface area contributed by atoms with Gasteiger partial charge in [0.15, 0.2) is 23.3 Å². The van der Waals surface area contributed by atoms with Gasteiger partial charge < -0.3 is 19.3 Å². The molecule has 1 saturated heterocycles. The Morgan fingerprint density at radius 2 is 2.22 bits per heavy atom. The molecule has 9 heteroatoms. The Balaban J connectivity index is 2.01. The van der Waals surface area contributed by atoms with Crippen molar-refractivity contribution in [2.24, 2.45) is 5.73 Å². The van der Waals surface area contributed by atoms with Crippen molar-refractivity contribution >= 4 is 33.5 Å². The summed E-state index contributed by atoms with van der Waals surface area (Å²) in [6.07, 6.45) is 3.13. The molecule has 7 nitrogen and oxygen atoms in total. The van der Waals surface area contributed by atoms with Crippen molar-refractivity contribution < 1.29 is 19.0 Å². The van der Waals surface area contributed by atoms with E-state index in [0.717, 1.165) is 24.7 Å². The maximum absolute atomic E-state index is 15.1. The number of carbonyl (C=O) groups is 1. The highest BCUT2D eigenvalue weighted by Gasteiger charge is 2.36. The largest absolute Gasteiger partial charge is 0.492 e. The smallest absolute Gasteiger partial charge is 0.341 e. The molecule has 1 saturated carbocycles. The van der Waals surface area contributed by atoms with E-state index in [0.29, 0.717) is 29.5 Å². The fraction of sp³-hybridized carbons (Fsp3) is 0.444. The number of nitrogens with two attached hydrogens (primary N) is 1. The molecule has 1 atom stereocenters. The zero-order valence-electron chi connectivity index (χ0n) is 14.9. The first-order valence-corrected chi connectivity index (χ1v) is 10.5. The Kier molecular flexibility index (Phi) is 4.51. The van der Waals surface area contributed by atoms with Gasteiger partial charge >= 0.3 is 5.97 Å². The van der Waals surface area contributed by atoms with Crippen LogP contribution in [0.2, 0.25) is 0 Å². The van der Waals surface area contributed by atoms with Crippen LogP contribution in [-0.2, 0) is 10.9 Å². The van der Waals surface area contributed by atoms with Crippen LogP contribution >= 0.6 is 0 Å². The molecule has 2 aromatic rings. The molecular weight excluding hydrogens is 373 g/mol. The summed E-state index contributed by atoms with van der Waals surface area (Å²) < 4.78 is 22.4. The highest BCUT2D eigenvalue weighted by atomic mass is 32.2. The summed E-state index contributed by atoms with van der Waals surface area (Å²) in [6, 6.07) is 1.25. The van der Waals surface area contributed by atoms with E-state index in [2.05, 4.69) is 0 Å². The number of halogens is 1. The van der Waals surface area contributed by atoms with Gasteiger partial charge in [-0.05, 0) is 18.9 Å². The van der Waals surface area contributed by atoms with Gasteiger partial charge in [0.25, 0.3) is 0 Å². The van der Waals surface area contributed by atoms with Crippen molar-refractivity contribution in [3.63, 3.8) is 0 Å². The Morgan fingerprint density at radius 3 is 2.78 bits per heavy atom. The van der Waals surface area contributed by atoms with Crippen LogP contribution < -0.4 is 20.8 Å². The molecule has 1 unspecified atom stereocenters. The van der Waals surface area contributed by atoms with Crippen LogP contribution in [0.15, 0.2) is 17.1 Å². The molecule has 0 amide bonds. The minimum Gasteiger partial charge on any atom is -0.492 e. The molecule has 1 aliphatic carbocycles. The number of hydrogen-bond acceptors (Lipinski definition) is 5. The molecule has 1 aromatic heterocycles. The van der Waals surface area contributed by atoms with E-state index in [1.54, 1.807) is 4.57 Å². The summed E-state index contributed by atoms with van der Waals surface area (Å²) in [5, 5.41) is 9.41. The monoisotopic (exact) mass is 394 g/mol. The van der Waals surface area contributed by atoms with E-state index >= 15 is 4.39 Å². The van der Waals surface area contributed by atoms with Gasteiger partial charge in [-0.15, -0.1) is 0 Å². The number of carboxylic acid groups (broad SMARTS) is 1. The van der Waals surface area contributed by atoms with Crippen LogP contribution in [0.3, 0.4) is 0 Å². The molecule has 0 spiro atoms. The first-order valence-electron chi connectivity index (χ1n) is 8.74. The van der Waals surface area contributed by atoms with Gasteiger partial charge in [0.1, 0.15) is 17.0 Å². The van der Waals surface area contributed by atoms with Gasteiger partial charge in [0, 0.05) is 23.1 Å². The topological polar surface area (TPSA) is 97.8 Å². The first-order chi connectivity index (χ1) is 13.0. The normalized spacial score (nSPS) is 19.7. The lowest BCUT2D eigenvalue weighted by atomic mass is 10.1. The van der Waals surface area contributed by atoms with Crippen LogP contribution in [0.5, 0.6) is 5.75 Å². The fourth-order valence-electron chi connectivity index (χ4n) is 3.63. The molecule has 4 rings (SSSR count). The van der Waals surface area contributed by atoms with Gasteiger partial charge in [-0.2, -0.15) is 0 Å². The molecule has 1 aromatic carbocycles. The lowest BCUT2D eigenvalue weighted by Gasteiger charge is -2.22. The lowest BCUT2D eigenvalue weighted by molar-refractivity contribution is 0.0695. The molecule has 0 bridgehead atoms. The van der Waals surface area contributed by atoms with Crippen molar-refractivity contribution in [3.8, 4) is 5.75 Å². The van der Waals surface area contributed by atoms with Crippen molar-refractivity contribution in [2.45, 2.75) is 18.9 Å². The highest BCUT2D eigenvalue weighted by molar-refractivity contribution is 7.97. The average molecular weight is 394 g/mol. The SMILES string of the molecule is COc1c(N2CC[S+](CN)C2)c(F)cc2c(=O)c(C(=O)O)cn(C3CC3)c12. The van der Waals surface area contributed by atoms with E-state index in [1.807, 2.05) is 4.90 Å². The number of rotatable bonds is 5. The van der Waals surface area contributed by atoms with E-state index in [1.165, 1.54) is 13.3 Å². The Bertz CT molecular complexity index is 989. The van der Waals surface area contributed by atoms with Gasteiger partial charge in [-0.3, -0.25) is 10.5 Å². The second kappa shape index (κ2) is 6.72. The maximum Gasteiger partial charge on any atom is 0.341 e. The number of hydrogen-bond donors (Lipinski definition) is 2. The van der Waals surface area contributed by atoms with Crippen LogP contribution in [0, 0.1) is 5.82 Å². The lowest BCUT2D eigenvalue weighted by Crippen LogP contribution is -2.25. The Morgan fingerprint density at radius 1 is 1.48 bits per heavy atom. The second-order valence-electron chi connectivity index (χ2n) is 6.83. The number of carboxylic acids is 1. The first kappa shape index (κ1) is 18.1. The number of aromatic carboxylic acids is 1. The third-order valence-electron chi connectivity index (χ3n) is 5.11. The molecular formula is C18H21FN3O4S+. The molecule has 2 fully saturated rings. The van der Waals surface area contributed by atoms with Crippen LogP contribution in [0.4, 0.5) is 10.1 Å². The standard InChI is InChI=1S/C18H20FN3O4S/c1-26-17-14-11(6-13(19)15(17)21-4-5-27(8-20)9-21)16(23)12(18(24)25)7-22(14)10-2-3-10/h6-7,10H,2-5,8-9,20H2,1H3/p+1. The molecule has 27 heavy (non-hydrogen) atoms. The third kappa shape index (κ3) is 2.94. The highest BCUT2D eigenvalue weighted by Crippen LogP contribution is 2.44. The number of pyridine rings is 1. The third-order valence-corrected chi connectivity index (χ3v) is 7.02. The number of fused-ring (bicyclic) bond motifs is 1. The van der Waals surface area contributed by atoms with E-state index in [9.17, 15) is 14.7 Å². The molecule has 3 N–H and O–H groups in total. The summed E-state index contributed by atoms with van der Waals surface area (Å²) in [6.45, 7) is 0.667. The van der Waals surface area contributed by atoms with Crippen LogP contribution in [-0.4, -0.2) is 46.8 Å². The van der Waals surface area contributed by atoms with Crippen LogP contribution in [0.1, 0.15) is 29.2 Å². The second-order valence-corrected chi connectivity index (χ2v) is 9.05. The molecule has 2 heterocycles. The fourth-order valence-corrected chi connectivity index (χ4v) is 5.20. The Labute approximate surface area is 157 Å². The Hall–Kier alpha value is -2.26. The molecule has 0 radical (unpaired) electrons. The number of ether oxygens (including phenoxy) is 1. The van der Waals surface area contributed by atoms with E-state index in [4.69, 9.17) is 10.5 Å². The number of benzene rings is 1. The molecule has 2 aliphatic rings. The predicted octanol–water partition coefficient (Wildman–Crippen LogP) is 1.49. The molecule has 1 aliphatic heterocycles. The van der Waals surface area contributed by atoms with Crippen molar-refractivity contribution in [3.05, 3.63) is 33.9 Å². The predicted molar refractivity (Wildman–Crippen MR) is 103 cm³/mol. The van der Waals surface area contributed by atoms with Gasteiger partial charge in [-0.1, -0.05) is 0 Å². The van der Waals surface area contributed by atoms with Crippen molar-refractivity contribution in [1.82, 2.24) is 4.57 Å². The van der Waals surface area contributed by atoms with Gasteiger partial charge in [-0.25, -0.2) is 9.18 Å².